The molecule has 3 aliphatic carbocycles. The van der Waals surface area contributed by atoms with Gasteiger partial charge in [0.25, 0.3) is 0 Å². The molecule has 1 aromatic rings. The molecule has 3 aliphatic rings. The van der Waals surface area contributed by atoms with Gasteiger partial charge >= 0.3 is 0 Å². The Morgan fingerprint density at radius 2 is 2.20 bits per heavy atom. The molecule has 0 spiro atoms. The van der Waals surface area contributed by atoms with Crippen molar-refractivity contribution in [3.8, 4) is 0 Å². The summed E-state index contributed by atoms with van der Waals surface area (Å²) in [6, 6.07) is 0.537. The van der Waals surface area contributed by atoms with E-state index in [0.717, 1.165) is 24.6 Å². The van der Waals surface area contributed by atoms with Crippen molar-refractivity contribution in [2.45, 2.75) is 44.6 Å². The third kappa shape index (κ3) is 2.41. The maximum atomic E-state index is 12.0. The molecule has 0 saturated heterocycles. The standard InChI is InChI=1S/C14H20N4OS/c19-13(11-7-10(11)8-1-2-8)15-6-5-12-16-17-14(20)18(12)9-3-4-9/h8-11H,1-7H2,(H,15,19)(H,17,20)/t10-,11-/m1/s1. The van der Waals surface area contributed by atoms with Gasteiger partial charge in [-0.15, -0.1) is 0 Å². The number of nitrogens with one attached hydrogen (secondary N) is 2. The topological polar surface area (TPSA) is 62.7 Å². The van der Waals surface area contributed by atoms with E-state index in [1.54, 1.807) is 0 Å². The summed E-state index contributed by atoms with van der Waals surface area (Å²) in [5.41, 5.74) is 0. The fraction of sp³-hybridized carbons (Fsp3) is 0.786. The molecule has 0 radical (unpaired) electrons. The molecule has 2 N–H and O–H groups in total. The van der Waals surface area contributed by atoms with Crippen LogP contribution >= 0.6 is 12.2 Å². The van der Waals surface area contributed by atoms with Crippen LogP contribution in [-0.2, 0) is 11.2 Å². The highest BCUT2D eigenvalue weighted by atomic mass is 32.1. The Hall–Kier alpha value is -1.17. The maximum absolute atomic E-state index is 12.0. The van der Waals surface area contributed by atoms with E-state index >= 15 is 0 Å². The zero-order valence-electron chi connectivity index (χ0n) is 11.5. The van der Waals surface area contributed by atoms with E-state index < -0.39 is 0 Å². The second-order valence-electron chi connectivity index (χ2n) is 6.43. The van der Waals surface area contributed by atoms with Crippen molar-refractivity contribution in [2.75, 3.05) is 6.54 Å². The van der Waals surface area contributed by atoms with Crippen LogP contribution in [-0.4, -0.2) is 27.2 Å². The number of nitrogens with zero attached hydrogens (tertiary/aromatic N) is 2. The highest BCUT2D eigenvalue weighted by Crippen LogP contribution is 2.54. The lowest BCUT2D eigenvalue weighted by atomic mass is 10.2. The summed E-state index contributed by atoms with van der Waals surface area (Å²) in [6.07, 6.45) is 6.93. The van der Waals surface area contributed by atoms with Crippen molar-refractivity contribution in [1.29, 1.82) is 0 Å². The molecule has 5 nitrogen and oxygen atoms in total. The van der Waals surface area contributed by atoms with Crippen LogP contribution in [0.1, 0.15) is 44.0 Å². The van der Waals surface area contributed by atoms with Gasteiger partial charge in [0.2, 0.25) is 5.91 Å². The number of hydrogen-bond acceptors (Lipinski definition) is 3. The lowest BCUT2D eigenvalue weighted by Crippen LogP contribution is -2.28. The van der Waals surface area contributed by atoms with E-state index in [0.29, 0.717) is 29.2 Å². The minimum atomic E-state index is 0.244. The SMILES string of the molecule is O=C(NCCc1n[nH]c(=S)n1C1CC1)[C@@H]1C[C@@H]1C1CC1. The highest BCUT2D eigenvalue weighted by molar-refractivity contribution is 7.71. The first-order valence-corrected chi connectivity index (χ1v) is 8.08. The van der Waals surface area contributed by atoms with Gasteiger partial charge in [0, 0.05) is 24.9 Å². The number of H-pyrrole nitrogens is 1. The van der Waals surface area contributed by atoms with Crippen LogP contribution in [0.5, 0.6) is 0 Å². The van der Waals surface area contributed by atoms with Gasteiger partial charge < -0.3 is 9.88 Å². The summed E-state index contributed by atoms with van der Waals surface area (Å²) < 4.78 is 2.83. The predicted octanol–water partition coefficient (Wildman–Crippen LogP) is 1.98. The molecule has 0 unspecified atom stereocenters. The van der Waals surface area contributed by atoms with Gasteiger partial charge in [0.1, 0.15) is 5.82 Å². The average molecular weight is 292 g/mol. The molecule has 108 valence electrons. The molecule has 20 heavy (non-hydrogen) atoms. The van der Waals surface area contributed by atoms with E-state index in [-0.39, 0.29) is 5.91 Å². The monoisotopic (exact) mass is 292 g/mol. The van der Waals surface area contributed by atoms with Crippen molar-refractivity contribution in [2.24, 2.45) is 17.8 Å². The third-order valence-corrected chi connectivity index (χ3v) is 5.03. The normalized spacial score (nSPS) is 28.4. The van der Waals surface area contributed by atoms with E-state index in [1.165, 1.54) is 25.7 Å². The van der Waals surface area contributed by atoms with Crippen LogP contribution in [0.25, 0.3) is 0 Å². The number of aromatic amines is 1. The third-order valence-electron chi connectivity index (χ3n) is 4.74. The number of aromatic nitrogens is 3. The van der Waals surface area contributed by atoms with Crippen molar-refractivity contribution in [3.63, 3.8) is 0 Å². The van der Waals surface area contributed by atoms with Crippen LogP contribution in [0, 0.1) is 22.5 Å². The molecular formula is C14H20N4OS. The first-order chi connectivity index (χ1) is 9.74. The minimum Gasteiger partial charge on any atom is -0.355 e. The molecule has 2 atom stereocenters. The van der Waals surface area contributed by atoms with Gasteiger partial charge in [-0.25, -0.2) is 0 Å². The van der Waals surface area contributed by atoms with Gasteiger partial charge in [-0.3, -0.25) is 9.89 Å². The molecule has 1 aromatic heterocycles. The van der Waals surface area contributed by atoms with E-state index in [2.05, 4.69) is 20.1 Å². The number of carbonyl (C=O) groups is 1. The van der Waals surface area contributed by atoms with Crippen LogP contribution < -0.4 is 5.32 Å². The lowest BCUT2D eigenvalue weighted by molar-refractivity contribution is -0.122. The first-order valence-electron chi connectivity index (χ1n) is 7.67. The number of carbonyl (C=O) groups excluding carboxylic acids is 1. The van der Waals surface area contributed by atoms with Crippen LogP contribution in [0.4, 0.5) is 0 Å². The van der Waals surface area contributed by atoms with Crippen molar-refractivity contribution >= 4 is 18.1 Å². The highest BCUT2D eigenvalue weighted by Gasteiger charge is 2.50. The molecule has 6 heteroatoms. The van der Waals surface area contributed by atoms with E-state index in [1.807, 2.05) is 0 Å². The molecular weight excluding hydrogens is 272 g/mol. The fourth-order valence-electron chi connectivity index (χ4n) is 3.21. The minimum absolute atomic E-state index is 0.244. The molecule has 0 bridgehead atoms. The Balaban J connectivity index is 1.28. The zero-order valence-corrected chi connectivity index (χ0v) is 12.3. The van der Waals surface area contributed by atoms with Crippen molar-refractivity contribution < 1.29 is 4.79 Å². The Morgan fingerprint density at radius 3 is 2.90 bits per heavy atom. The Morgan fingerprint density at radius 1 is 1.40 bits per heavy atom. The molecule has 1 amide bonds. The Labute approximate surface area is 123 Å². The Bertz CT molecular complexity index is 584. The second kappa shape index (κ2) is 4.69. The molecule has 4 rings (SSSR count). The van der Waals surface area contributed by atoms with Gasteiger partial charge in [0.15, 0.2) is 4.77 Å². The smallest absolute Gasteiger partial charge is 0.223 e. The van der Waals surface area contributed by atoms with E-state index in [4.69, 9.17) is 12.2 Å². The number of rotatable bonds is 6. The van der Waals surface area contributed by atoms with Crippen LogP contribution in [0.3, 0.4) is 0 Å². The summed E-state index contributed by atoms with van der Waals surface area (Å²) >= 11 is 5.25. The molecule has 0 aliphatic heterocycles. The second-order valence-corrected chi connectivity index (χ2v) is 6.82. The maximum Gasteiger partial charge on any atom is 0.223 e. The number of amides is 1. The number of hydrogen-bond donors (Lipinski definition) is 2. The summed E-state index contributed by atoms with van der Waals surface area (Å²) in [5.74, 6) is 3.07. The summed E-state index contributed by atoms with van der Waals surface area (Å²) in [6.45, 7) is 0.666. The first kappa shape index (κ1) is 12.6. The fourth-order valence-corrected chi connectivity index (χ4v) is 3.51. The van der Waals surface area contributed by atoms with Crippen molar-refractivity contribution in [3.05, 3.63) is 10.6 Å². The van der Waals surface area contributed by atoms with Gasteiger partial charge in [-0.05, 0) is 56.2 Å². The van der Waals surface area contributed by atoms with E-state index in [9.17, 15) is 4.79 Å². The molecule has 1 heterocycles. The molecule has 0 aromatic carbocycles. The van der Waals surface area contributed by atoms with Gasteiger partial charge in [0.05, 0.1) is 0 Å². The summed E-state index contributed by atoms with van der Waals surface area (Å²) in [4.78, 5) is 12.0. The summed E-state index contributed by atoms with van der Waals surface area (Å²) in [7, 11) is 0. The summed E-state index contributed by atoms with van der Waals surface area (Å²) in [5, 5.41) is 10.2. The lowest BCUT2D eigenvalue weighted by Gasteiger charge is -2.06. The molecule has 3 fully saturated rings. The van der Waals surface area contributed by atoms with Gasteiger partial charge in [-0.1, -0.05) is 0 Å². The zero-order chi connectivity index (χ0) is 13.7. The van der Waals surface area contributed by atoms with Crippen molar-refractivity contribution in [1.82, 2.24) is 20.1 Å². The largest absolute Gasteiger partial charge is 0.355 e. The Kier molecular flexibility index (Phi) is 2.94. The van der Waals surface area contributed by atoms with Crippen LogP contribution in [0.15, 0.2) is 0 Å². The van der Waals surface area contributed by atoms with Gasteiger partial charge in [-0.2, -0.15) is 5.10 Å². The quantitative estimate of drug-likeness (QED) is 0.788. The predicted molar refractivity (Wildman–Crippen MR) is 76.7 cm³/mol. The average Bonchev–Trinajstić information content (AvgIpc) is 3.28. The molecule has 3 saturated carbocycles. The van der Waals surface area contributed by atoms with Crippen LogP contribution in [0.2, 0.25) is 0 Å².